The second-order valence-electron chi connectivity index (χ2n) is 5.86. The topological polar surface area (TPSA) is 20.2 Å². The van der Waals surface area contributed by atoms with E-state index in [1.54, 1.807) is 0 Å². The van der Waals surface area contributed by atoms with Gasteiger partial charge >= 0.3 is 0 Å². The van der Waals surface area contributed by atoms with Crippen LogP contribution in [0.15, 0.2) is 12.2 Å². The highest BCUT2D eigenvalue weighted by Crippen LogP contribution is 2.60. The van der Waals surface area contributed by atoms with Gasteiger partial charge in [0.2, 0.25) is 0 Å². The molecule has 0 saturated heterocycles. The number of aliphatic hydroxyl groups excluding tert-OH is 1. The summed E-state index contributed by atoms with van der Waals surface area (Å²) in [5.41, 5.74) is 0.511. The van der Waals surface area contributed by atoms with Gasteiger partial charge in [-0.25, -0.2) is 0 Å². The first kappa shape index (κ1) is 8.96. The molecule has 0 radical (unpaired) electrons. The third-order valence-corrected chi connectivity index (χ3v) is 4.66. The SMILES string of the molecule is OC/C=C/C12CC3CC(CC(C3)C1)C2. The van der Waals surface area contributed by atoms with Crippen molar-refractivity contribution in [2.75, 3.05) is 6.61 Å². The first-order valence-electron chi connectivity index (χ1n) is 6.08. The Labute approximate surface area is 86.2 Å². The van der Waals surface area contributed by atoms with Crippen LogP contribution in [-0.4, -0.2) is 11.7 Å². The van der Waals surface area contributed by atoms with E-state index in [0.717, 1.165) is 17.8 Å². The molecule has 0 spiro atoms. The minimum absolute atomic E-state index is 0.224. The Hall–Kier alpha value is -0.300. The summed E-state index contributed by atoms with van der Waals surface area (Å²) in [4.78, 5) is 0. The van der Waals surface area contributed by atoms with E-state index < -0.39 is 0 Å². The number of aliphatic hydroxyl groups is 1. The number of hydrogen-bond acceptors (Lipinski definition) is 1. The quantitative estimate of drug-likeness (QED) is 0.667. The summed E-state index contributed by atoms with van der Waals surface area (Å²) < 4.78 is 0. The van der Waals surface area contributed by atoms with E-state index in [0.29, 0.717) is 5.41 Å². The molecule has 4 rings (SSSR count). The maximum Gasteiger partial charge on any atom is 0.0612 e. The van der Waals surface area contributed by atoms with Crippen LogP contribution in [0.5, 0.6) is 0 Å². The van der Waals surface area contributed by atoms with Crippen molar-refractivity contribution in [2.45, 2.75) is 38.5 Å². The average Bonchev–Trinajstić information content (AvgIpc) is 2.12. The third kappa shape index (κ3) is 1.33. The lowest BCUT2D eigenvalue weighted by atomic mass is 9.49. The molecule has 1 N–H and O–H groups in total. The fraction of sp³-hybridized carbons (Fsp3) is 0.846. The fourth-order valence-corrected chi connectivity index (χ4v) is 4.68. The van der Waals surface area contributed by atoms with Crippen molar-refractivity contribution in [3.8, 4) is 0 Å². The van der Waals surface area contributed by atoms with Gasteiger partial charge in [0.25, 0.3) is 0 Å². The zero-order valence-corrected chi connectivity index (χ0v) is 8.78. The van der Waals surface area contributed by atoms with Crippen LogP contribution >= 0.6 is 0 Å². The van der Waals surface area contributed by atoms with Gasteiger partial charge in [0.15, 0.2) is 0 Å². The molecule has 4 aliphatic rings. The number of hydrogen-bond donors (Lipinski definition) is 1. The molecule has 1 nitrogen and oxygen atoms in total. The molecule has 78 valence electrons. The summed E-state index contributed by atoms with van der Waals surface area (Å²) in [5.74, 6) is 3.05. The molecule has 0 unspecified atom stereocenters. The Bertz CT molecular complexity index is 219. The van der Waals surface area contributed by atoms with E-state index in [-0.39, 0.29) is 6.61 Å². The van der Waals surface area contributed by atoms with E-state index in [9.17, 15) is 0 Å². The van der Waals surface area contributed by atoms with Gasteiger partial charge in [0.05, 0.1) is 6.61 Å². The lowest BCUT2D eigenvalue weighted by Gasteiger charge is -2.55. The Morgan fingerprint density at radius 2 is 1.50 bits per heavy atom. The molecular formula is C13H20O. The van der Waals surface area contributed by atoms with E-state index >= 15 is 0 Å². The normalized spacial score (nSPS) is 50.5. The Balaban J connectivity index is 1.84. The van der Waals surface area contributed by atoms with Gasteiger partial charge in [0, 0.05) is 0 Å². The molecule has 0 amide bonds. The molecule has 0 heterocycles. The summed E-state index contributed by atoms with van der Waals surface area (Å²) >= 11 is 0. The van der Waals surface area contributed by atoms with Gasteiger partial charge in [-0.1, -0.05) is 12.2 Å². The van der Waals surface area contributed by atoms with Gasteiger partial charge < -0.3 is 5.11 Å². The number of allylic oxidation sites excluding steroid dienone is 1. The lowest BCUT2D eigenvalue weighted by Crippen LogP contribution is -2.45. The molecule has 4 aliphatic carbocycles. The molecule has 0 aliphatic heterocycles. The van der Waals surface area contributed by atoms with Gasteiger partial charge in [-0.15, -0.1) is 0 Å². The molecule has 0 aromatic heterocycles. The van der Waals surface area contributed by atoms with Crippen LogP contribution in [0.1, 0.15) is 38.5 Å². The smallest absolute Gasteiger partial charge is 0.0612 e. The van der Waals surface area contributed by atoms with Crippen LogP contribution in [0.3, 0.4) is 0 Å². The van der Waals surface area contributed by atoms with Crippen LogP contribution in [0.2, 0.25) is 0 Å². The third-order valence-electron chi connectivity index (χ3n) is 4.66. The predicted molar refractivity (Wildman–Crippen MR) is 56.8 cm³/mol. The van der Waals surface area contributed by atoms with Crippen molar-refractivity contribution in [3.05, 3.63) is 12.2 Å². The van der Waals surface area contributed by atoms with Crippen molar-refractivity contribution < 1.29 is 5.11 Å². The summed E-state index contributed by atoms with van der Waals surface area (Å²) in [5, 5.41) is 8.88. The minimum Gasteiger partial charge on any atom is -0.392 e. The number of rotatable bonds is 2. The summed E-state index contributed by atoms with van der Waals surface area (Å²) in [7, 11) is 0. The maximum atomic E-state index is 8.88. The molecule has 0 aromatic carbocycles. The van der Waals surface area contributed by atoms with E-state index in [1.807, 2.05) is 6.08 Å². The van der Waals surface area contributed by atoms with Crippen molar-refractivity contribution in [2.24, 2.45) is 23.2 Å². The van der Waals surface area contributed by atoms with Crippen LogP contribution in [-0.2, 0) is 0 Å². The summed E-state index contributed by atoms with van der Waals surface area (Å²) in [6.45, 7) is 0.224. The first-order chi connectivity index (χ1) is 6.80. The minimum atomic E-state index is 0.224. The largest absolute Gasteiger partial charge is 0.392 e. The lowest BCUT2D eigenvalue weighted by molar-refractivity contribution is -0.0239. The zero-order chi connectivity index (χ0) is 9.60. The molecule has 4 saturated carbocycles. The first-order valence-corrected chi connectivity index (χ1v) is 6.08. The van der Waals surface area contributed by atoms with E-state index in [1.165, 1.54) is 38.5 Å². The zero-order valence-electron chi connectivity index (χ0n) is 8.78. The van der Waals surface area contributed by atoms with Crippen LogP contribution < -0.4 is 0 Å². The highest BCUT2D eigenvalue weighted by atomic mass is 16.2. The molecule has 14 heavy (non-hydrogen) atoms. The van der Waals surface area contributed by atoms with E-state index in [2.05, 4.69) is 6.08 Å². The highest BCUT2D eigenvalue weighted by Gasteiger charge is 2.49. The Kier molecular flexibility index (Phi) is 1.98. The van der Waals surface area contributed by atoms with Crippen molar-refractivity contribution in [1.82, 2.24) is 0 Å². The predicted octanol–water partition coefficient (Wildman–Crippen LogP) is 2.75. The standard InChI is InChI=1S/C13H20O/c14-3-1-2-13-7-10-4-11(8-13)6-12(5-10)9-13/h1-2,10-12,14H,3-9H2/b2-1+. The fourth-order valence-electron chi connectivity index (χ4n) is 4.68. The molecular weight excluding hydrogens is 172 g/mol. The molecule has 1 heteroatoms. The van der Waals surface area contributed by atoms with Gasteiger partial charge in [-0.3, -0.25) is 0 Å². The molecule has 0 aromatic rings. The van der Waals surface area contributed by atoms with Gasteiger partial charge in [-0.05, 0) is 61.7 Å². The van der Waals surface area contributed by atoms with Crippen LogP contribution in [0.4, 0.5) is 0 Å². The van der Waals surface area contributed by atoms with Gasteiger partial charge in [-0.2, -0.15) is 0 Å². The summed E-state index contributed by atoms with van der Waals surface area (Å²) in [6.07, 6.45) is 13.1. The molecule has 0 atom stereocenters. The second-order valence-corrected chi connectivity index (χ2v) is 5.86. The van der Waals surface area contributed by atoms with E-state index in [4.69, 9.17) is 5.11 Å². The van der Waals surface area contributed by atoms with Crippen molar-refractivity contribution in [1.29, 1.82) is 0 Å². The Morgan fingerprint density at radius 3 is 1.93 bits per heavy atom. The van der Waals surface area contributed by atoms with Crippen molar-refractivity contribution >= 4 is 0 Å². The average molecular weight is 192 g/mol. The maximum absolute atomic E-state index is 8.88. The monoisotopic (exact) mass is 192 g/mol. The van der Waals surface area contributed by atoms with Crippen LogP contribution in [0.25, 0.3) is 0 Å². The van der Waals surface area contributed by atoms with Crippen LogP contribution in [0, 0.1) is 23.2 Å². The highest BCUT2D eigenvalue weighted by molar-refractivity contribution is 5.10. The summed E-state index contributed by atoms with van der Waals surface area (Å²) in [6, 6.07) is 0. The van der Waals surface area contributed by atoms with Crippen molar-refractivity contribution in [3.63, 3.8) is 0 Å². The molecule has 4 bridgehead atoms. The molecule has 4 fully saturated rings. The van der Waals surface area contributed by atoms with Gasteiger partial charge in [0.1, 0.15) is 0 Å². The second kappa shape index (κ2) is 3.10. The Morgan fingerprint density at radius 1 is 1.00 bits per heavy atom.